The van der Waals surface area contributed by atoms with Crippen LogP contribution in [0, 0.1) is 0 Å². The summed E-state index contributed by atoms with van der Waals surface area (Å²) in [5.74, 6) is 1.45. The van der Waals surface area contributed by atoms with Crippen molar-refractivity contribution < 1.29 is 9.90 Å². The maximum Gasteiger partial charge on any atom is 0.253 e. The van der Waals surface area contributed by atoms with Crippen LogP contribution in [0.4, 0.5) is 17.5 Å². The van der Waals surface area contributed by atoms with E-state index in [9.17, 15) is 9.90 Å². The molecule has 3 aromatic rings. The summed E-state index contributed by atoms with van der Waals surface area (Å²) in [5.41, 5.74) is 2.45. The van der Waals surface area contributed by atoms with Crippen molar-refractivity contribution in [3.8, 4) is 0 Å². The number of nitrogens with one attached hydrogen (secondary N) is 2. The number of carbonyl (C=O) groups excluding carboxylic acids is 1. The minimum atomic E-state index is -0.183. The average Bonchev–Trinajstić information content (AvgIpc) is 3.35. The first-order valence-corrected chi connectivity index (χ1v) is 13.4. The van der Waals surface area contributed by atoms with Gasteiger partial charge in [0.1, 0.15) is 5.82 Å². The molecule has 1 aliphatic heterocycles. The molecule has 1 saturated heterocycles. The Kier molecular flexibility index (Phi) is 7.17. The van der Waals surface area contributed by atoms with Crippen LogP contribution in [0.2, 0.25) is 0 Å². The number of hydrogen-bond acceptors (Lipinski definition) is 8. The van der Waals surface area contributed by atoms with Gasteiger partial charge in [-0.05, 0) is 88.3 Å². The van der Waals surface area contributed by atoms with Crippen molar-refractivity contribution in [2.45, 2.75) is 56.7 Å². The minimum absolute atomic E-state index is 0.0915. The Bertz CT molecular complexity index is 1150. The van der Waals surface area contributed by atoms with E-state index >= 15 is 0 Å². The number of thiophene rings is 1. The van der Waals surface area contributed by atoms with Crippen LogP contribution in [0.15, 0.2) is 35.7 Å². The number of hydrogen-bond donors (Lipinski definition) is 3. The van der Waals surface area contributed by atoms with Gasteiger partial charge in [-0.2, -0.15) is 4.98 Å². The standard InChI is InChI=1S/C26H34N6O2S/c1-31(2)20-11-14-32(15-12-20)25(34)17-3-5-19(6-4-17)28-26-29-22-13-16-35-23(22)24(30-26)27-18-7-9-21(33)10-8-18/h3-6,13,16,18,20-21,33H,7-12,14-15H2,1-2H3,(H2,27,28,29,30). The summed E-state index contributed by atoms with van der Waals surface area (Å²) in [6, 6.07) is 10.4. The molecule has 3 heterocycles. The molecule has 2 fully saturated rings. The van der Waals surface area contributed by atoms with Crippen molar-refractivity contribution in [1.82, 2.24) is 19.8 Å². The molecule has 3 N–H and O–H groups in total. The number of fused-ring (bicyclic) bond motifs is 1. The Morgan fingerprint density at radius 3 is 2.43 bits per heavy atom. The van der Waals surface area contributed by atoms with Crippen LogP contribution in [0.25, 0.3) is 10.2 Å². The number of amides is 1. The summed E-state index contributed by atoms with van der Waals surface area (Å²) in [4.78, 5) is 26.6. The molecule has 0 atom stereocenters. The van der Waals surface area contributed by atoms with Gasteiger partial charge in [0.25, 0.3) is 5.91 Å². The highest BCUT2D eigenvalue weighted by Gasteiger charge is 2.25. The first-order chi connectivity index (χ1) is 17.0. The number of piperidine rings is 1. The van der Waals surface area contributed by atoms with E-state index in [0.717, 1.165) is 73.3 Å². The molecular weight excluding hydrogens is 460 g/mol. The number of rotatable bonds is 6. The maximum atomic E-state index is 13.0. The molecule has 8 nitrogen and oxygen atoms in total. The molecule has 1 saturated carbocycles. The number of likely N-dealkylation sites (tertiary alicyclic amines) is 1. The number of anilines is 3. The first kappa shape index (κ1) is 24.0. The van der Waals surface area contributed by atoms with Crippen molar-refractivity contribution >= 4 is 44.9 Å². The van der Waals surface area contributed by atoms with Crippen LogP contribution in [0.3, 0.4) is 0 Å². The van der Waals surface area contributed by atoms with Gasteiger partial charge in [-0.1, -0.05) is 0 Å². The fourth-order valence-electron chi connectivity index (χ4n) is 5.02. The minimum Gasteiger partial charge on any atom is -0.393 e. The third kappa shape index (κ3) is 5.58. The number of carbonyl (C=O) groups is 1. The van der Waals surface area contributed by atoms with Crippen molar-refractivity contribution in [3.05, 3.63) is 41.3 Å². The molecule has 0 bridgehead atoms. The molecule has 0 unspecified atom stereocenters. The lowest BCUT2D eigenvalue weighted by Gasteiger charge is -2.35. The Morgan fingerprint density at radius 1 is 1.03 bits per heavy atom. The molecule has 2 aromatic heterocycles. The van der Waals surface area contributed by atoms with Gasteiger partial charge < -0.3 is 25.5 Å². The second-order valence-corrected chi connectivity index (χ2v) is 10.8. The molecule has 35 heavy (non-hydrogen) atoms. The zero-order valence-corrected chi connectivity index (χ0v) is 21.2. The highest BCUT2D eigenvalue weighted by Crippen LogP contribution is 2.31. The monoisotopic (exact) mass is 494 g/mol. The van der Waals surface area contributed by atoms with E-state index < -0.39 is 0 Å². The summed E-state index contributed by atoms with van der Waals surface area (Å²) >= 11 is 1.63. The van der Waals surface area contributed by atoms with Crippen molar-refractivity contribution in [2.75, 3.05) is 37.8 Å². The number of aliphatic hydroxyl groups is 1. The molecule has 0 spiro atoms. The number of benzene rings is 1. The van der Waals surface area contributed by atoms with Gasteiger partial charge in [-0.25, -0.2) is 4.98 Å². The molecule has 9 heteroatoms. The SMILES string of the molecule is CN(C)C1CCN(C(=O)c2ccc(Nc3nc(NC4CCC(O)CC4)c4sccc4n3)cc2)CC1. The summed E-state index contributed by atoms with van der Waals surface area (Å²) in [5, 5.41) is 18.7. The average molecular weight is 495 g/mol. The van der Waals surface area contributed by atoms with Gasteiger partial charge in [0.05, 0.1) is 16.3 Å². The van der Waals surface area contributed by atoms with E-state index in [2.05, 4.69) is 34.6 Å². The quantitative estimate of drug-likeness (QED) is 0.470. The lowest BCUT2D eigenvalue weighted by atomic mass is 9.93. The molecule has 0 radical (unpaired) electrons. The number of aliphatic hydroxyl groups excluding tert-OH is 1. The van der Waals surface area contributed by atoms with Crippen LogP contribution in [0.5, 0.6) is 0 Å². The fraction of sp³-hybridized carbons (Fsp3) is 0.500. The van der Waals surface area contributed by atoms with E-state index in [1.807, 2.05) is 40.6 Å². The van der Waals surface area contributed by atoms with E-state index in [4.69, 9.17) is 4.98 Å². The fourth-order valence-corrected chi connectivity index (χ4v) is 5.81. The molecule has 1 aliphatic carbocycles. The Hall–Kier alpha value is -2.75. The summed E-state index contributed by atoms with van der Waals surface area (Å²) in [6.07, 6.45) is 5.35. The summed E-state index contributed by atoms with van der Waals surface area (Å²) in [7, 11) is 4.21. The number of nitrogens with zero attached hydrogens (tertiary/aromatic N) is 4. The van der Waals surface area contributed by atoms with E-state index in [1.54, 1.807) is 11.3 Å². The van der Waals surface area contributed by atoms with Gasteiger partial charge in [0.2, 0.25) is 5.95 Å². The zero-order valence-electron chi connectivity index (χ0n) is 20.4. The van der Waals surface area contributed by atoms with Gasteiger partial charge in [-0.15, -0.1) is 11.3 Å². The summed E-state index contributed by atoms with van der Waals surface area (Å²) in [6.45, 7) is 1.60. The second-order valence-electron chi connectivity index (χ2n) is 9.87. The van der Waals surface area contributed by atoms with E-state index in [1.165, 1.54) is 0 Å². The van der Waals surface area contributed by atoms with Crippen LogP contribution < -0.4 is 10.6 Å². The van der Waals surface area contributed by atoms with Crippen LogP contribution in [-0.2, 0) is 0 Å². The Morgan fingerprint density at radius 2 is 1.74 bits per heavy atom. The molecule has 1 aromatic carbocycles. The molecule has 2 aliphatic rings. The molecule has 1 amide bonds. The molecule has 186 valence electrons. The van der Waals surface area contributed by atoms with Gasteiger partial charge >= 0.3 is 0 Å². The molecule has 5 rings (SSSR count). The maximum absolute atomic E-state index is 13.0. The Balaban J connectivity index is 1.26. The zero-order chi connectivity index (χ0) is 24.4. The van der Waals surface area contributed by atoms with Gasteiger partial charge in [0, 0.05) is 36.4 Å². The predicted molar refractivity (Wildman–Crippen MR) is 142 cm³/mol. The first-order valence-electron chi connectivity index (χ1n) is 12.5. The Labute approximate surface area is 210 Å². The normalized spacial score (nSPS) is 21.4. The highest BCUT2D eigenvalue weighted by molar-refractivity contribution is 7.17. The second kappa shape index (κ2) is 10.5. The van der Waals surface area contributed by atoms with Crippen LogP contribution >= 0.6 is 11.3 Å². The van der Waals surface area contributed by atoms with Crippen molar-refractivity contribution in [2.24, 2.45) is 0 Å². The van der Waals surface area contributed by atoms with Crippen LogP contribution in [0.1, 0.15) is 48.9 Å². The van der Waals surface area contributed by atoms with E-state index in [0.29, 0.717) is 23.6 Å². The van der Waals surface area contributed by atoms with Crippen LogP contribution in [-0.4, -0.2) is 76.2 Å². The van der Waals surface area contributed by atoms with Crippen molar-refractivity contribution in [1.29, 1.82) is 0 Å². The van der Waals surface area contributed by atoms with Crippen molar-refractivity contribution in [3.63, 3.8) is 0 Å². The van der Waals surface area contributed by atoms with E-state index in [-0.39, 0.29) is 12.0 Å². The summed E-state index contributed by atoms with van der Waals surface area (Å²) < 4.78 is 1.04. The smallest absolute Gasteiger partial charge is 0.253 e. The topological polar surface area (TPSA) is 93.6 Å². The highest BCUT2D eigenvalue weighted by atomic mass is 32.1. The molecular formula is C26H34N6O2S. The lowest BCUT2D eigenvalue weighted by Crippen LogP contribution is -2.44. The number of aromatic nitrogens is 2. The third-order valence-corrected chi connectivity index (χ3v) is 8.12. The van der Waals surface area contributed by atoms with Gasteiger partial charge in [0.15, 0.2) is 0 Å². The predicted octanol–water partition coefficient (Wildman–Crippen LogP) is 4.32. The van der Waals surface area contributed by atoms with Gasteiger partial charge in [-0.3, -0.25) is 4.79 Å². The third-order valence-electron chi connectivity index (χ3n) is 7.21. The largest absolute Gasteiger partial charge is 0.393 e. The lowest BCUT2D eigenvalue weighted by molar-refractivity contribution is 0.0663.